The van der Waals surface area contributed by atoms with Crippen LogP contribution in [0.1, 0.15) is 0 Å². The number of ether oxygens (including phenoxy) is 1. The number of sulfonamides is 1. The summed E-state index contributed by atoms with van der Waals surface area (Å²) in [5.41, 5.74) is 2.38. The van der Waals surface area contributed by atoms with Gasteiger partial charge in [-0.15, -0.1) is 11.3 Å². The molecular weight excluding hydrogens is 532 g/mol. The predicted octanol–water partition coefficient (Wildman–Crippen LogP) is 6.99. The molecule has 0 spiro atoms. The van der Waals surface area contributed by atoms with E-state index in [1.807, 2.05) is 0 Å². The standard InChI is InChI=1S/C24H14ClF2N3O4S2/c25-18-10-23(36(31,32)30-24-28-6-8-35-24)19(27)11-21(18)34-22-12-29-20(14-1-3-16(26)4-2-14)9-17(22)15-5-7-33-13-15/h1-13H,(H,28,30). The number of benzene rings is 2. The lowest BCUT2D eigenvalue weighted by molar-refractivity contribution is 0.473. The molecule has 182 valence electrons. The highest BCUT2D eigenvalue weighted by Gasteiger charge is 2.24. The second kappa shape index (κ2) is 9.69. The van der Waals surface area contributed by atoms with E-state index in [0.717, 1.165) is 23.5 Å². The number of thiazole rings is 1. The minimum Gasteiger partial charge on any atom is -0.472 e. The highest BCUT2D eigenvalue weighted by molar-refractivity contribution is 7.93. The van der Waals surface area contributed by atoms with Gasteiger partial charge in [-0.05, 0) is 42.5 Å². The Morgan fingerprint density at radius 3 is 2.50 bits per heavy atom. The molecule has 36 heavy (non-hydrogen) atoms. The van der Waals surface area contributed by atoms with Gasteiger partial charge in [0.05, 0.1) is 29.4 Å². The van der Waals surface area contributed by atoms with Gasteiger partial charge in [0.1, 0.15) is 22.3 Å². The van der Waals surface area contributed by atoms with Crippen LogP contribution in [-0.2, 0) is 10.0 Å². The van der Waals surface area contributed by atoms with Crippen LogP contribution in [0.3, 0.4) is 0 Å². The summed E-state index contributed by atoms with van der Waals surface area (Å²) in [4.78, 5) is 7.55. The van der Waals surface area contributed by atoms with Gasteiger partial charge >= 0.3 is 0 Å². The van der Waals surface area contributed by atoms with Crippen LogP contribution in [0.25, 0.3) is 22.4 Å². The topological polar surface area (TPSA) is 94.3 Å². The fraction of sp³-hybridized carbons (Fsp3) is 0. The van der Waals surface area contributed by atoms with Crippen molar-refractivity contribution in [2.24, 2.45) is 0 Å². The van der Waals surface area contributed by atoms with Gasteiger partial charge in [0.2, 0.25) is 0 Å². The maximum Gasteiger partial charge on any atom is 0.266 e. The van der Waals surface area contributed by atoms with Crippen molar-refractivity contribution in [3.8, 4) is 33.9 Å². The molecular formula is C24H14ClF2N3O4S2. The molecule has 0 aliphatic carbocycles. The number of anilines is 1. The van der Waals surface area contributed by atoms with Gasteiger partial charge in [-0.1, -0.05) is 11.6 Å². The van der Waals surface area contributed by atoms with Gasteiger partial charge in [-0.3, -0.25) is 9.71 Å². The molecule has 1 N–H and O–H groups in total. The Labute approximate surface area is 213 Å². The SMILES string of the molecule is O=S(=O)(Nc1nccs1)c1cc(Cl)c(Oc2cnc(-c3ccc(F)cc3)cc2-c2ccoc2)cc1F. The summed E-state index contributed by atoms with van der Waals surface area (Å²) in [7, 11) is -4.28. The van der Waals surface area contributed by atoms with E-state index >= 15 is 0 Å². The smallest absolute Gasteiger partial charge is 0.266 e. The molecule has 0 unspecified atom stereocenters. The van der Waals surface area contributed by atoms with Crippen molar-refractivity contribution < 1.29 is 26.4 Å². The molecule has 5 rings (SSSR count). The van der Waals surface area contributed by atoms with E-state index < -0.39 is 20.7 Å². The van der Waals surface area contributed by atoms with Crippen molar-refractivity contribution in [3.63, 3.8) is 0 Å². The molecule has 5 aromatic rings. The van der Waals surface area contributed by atoms with E-state index in [0.29, 0.717) is 22.4 Å². The fourth-order valence-corrected chi connectivity index (χ4v) is 5.44. The number of furan rings is 1. The van der Waals surface area contributed by atoms with Gasteiger partial charge in [0.15, 0.2) is 10.9 Å². The number of hydrogen-bond donors (Lipinski definition) is 1. The molecule has 2 aromatic carbocycles. The molecule has 0 saturated heterocycles. The van der Waals surface area contributed by atoms with Gasteiger partial charge in [-0.25, -0.2) is 22.2 Å². The Kier molecular flexibility index (Phi) is 6.44. The Bertz CT molecular complexity index is 1630. The van der Waals surface area contributed by atoms with Gasteiger partial charge in [0.25, 0.3) is 10.0 Å². The molecule has 0 radical (unpaired) electrons. The normalized spacial score (nSPS) is 11.4. The molecule has 0 aliphatic heterocycles. The summed E-state index contributed by atoms with van der Waals surface area (Å²) < 4.78 is 66.7. The first-order valence-electron chi connectivity index (χ1n) is 10.2. The lowest BCUT2D eigenvalue weighted by atomic mass is 10.0. The molecule has 0 amide bonds. The Morgan fingerprint density at radius 2 is 1.81 bits per heavy atom. The summed E-state index contributed by atoms with van der Waals surface area (Å²) in [6, 6.07) is 11.0. The van der Waals surface area contributed by atoms with E-state index in [1.165, 1.54) is 37.1 Å². The van der Waals surface area contributed by atoms with Gasteiger partial charge in [-0.2, -0.15) is 0 Å². The lowest BCUT2D eigenvalue weighted by Gasteiger charge is -2.14. The summed E-state index contributed by atoms with van der Waals surface area (Å²) in [5.74, 6) is -1.36. The van der Waals surface area contributed by atoms with Crippen molar-refractivity contribution in [2.45, 2.75) is 4.90 Å². The average molecular weight is 546 g/mol. The minimum absolute atomic E-state index is 0.0860. The molecule has 0 aliphatic rings. The van der Waals surface area contributed by atoms with Crippen molar-refractivity contribution in [1.82, 2.24) is 9.97 Å². The third kappa shape index (κ3) is 4.94. The van der Waals surface area contributed by atoms with Crippen molar-refractivity contribution in [3.05, 3.63) is 95.5 Å². The Morgan fingerprint density at radius 1 is 1.00 bits per heavy atom. The Balaban J connectivity index is 1.50. The van der Waals surface area contributed by atoms with Gasteiger partial charge < -0.3 is 9.15 Å². The van der Waals surface area contributed by atoms with Gasteiger partial charge in [0, 0.05) is 34.3 Å². The lowest BCUT2D eigenvalue weighted by Crippen LogP contribution is -2.14. The second-order valence-electron chi connectivity index (χ2n) is 7.34. The van der Waals surface area contributed by atoms with Crippen LogP contribution in [0.2, 0.25) is 5.02 Å². The number of aromatic nitrogens is 2. The molecule has 7 nitrogen and oxygen atoms in total. The highest BCUT2D eigenvalue weighted by atomic mass is 35.5. The van der Waals surface area contributed by atoms with Crippen LogP contribution in [-0.4, -0.2) is 18.4 Å². The zero-order valence-corrected chi connectivity index (χ0v) is 20.4. The van der Waals surface area contributed by atoms with E-state index in [4.69, 9.17) is 20.8 Å². The molecule has 0 fully saturated rings. The molecule has 3 aromatic heterocycles. The number of rotatable bonds is 7. The maximum absolute atomic E-state index is 14.9. The highest BCUT2D eigenvalue weighted by Crippen LogP contribution is 2.39. The van der Waals surface area contributed by atoms with Crippen LogP contribution >= 0.6 is 22.9 Å². The largest absolute Gasteiger partial charge is 0.472 e. The first-order chi connectivity index (χ1) is 17.3. The molecule has 0 atom stereocenters. The Hall–Kier alpha value is -3.80. The third-order valence-corrected chi connectivity index (χ3v) is 7.46. The van der Waals surface area contributed by atoms with Crippen LogP contribution in [0.15, 0.2) is 88.1 Å². The van der Waals surface area contributed by atoms with Crippen LogP contribution in [0.5, 0.6) is 11.5 Å². The number of pyridine rings is 1. The molecule has 12 heteroatoms. The average Bonchev–Trinajstić information content (AvgIpc) is 3.56. The number of halogens is 3. The van der Waals surface area contributed by atoms with Crippen molar-refractivity contribution in [1.29, 1.82) is 0 Å². The summed E-state index contributed by atoms with van der Waals surface area (Å²) in [6.45, 7) is 0. The van der Waals surface area contributed by atoms with E-state index in [9.17, 15) is 17.2 Å². The maximum atomic E-state index is 14.9. The molecule has 0 saturated carbocycles. The number of nitrogens with zero attached hydrogens (tertiary/aromatic N) is 2. The number of hydrogen-bond acceptors (Lipinski definition) is 7. The summed E-state index contributed by atoms with van der Waals surface area (Å²) in [5, 5.41) is 1.52. The second-order valence-corrected chi connectivity index (χ2v) is 10.3. The molecule has 0 bridgehead atoms. The monoisotopic (exact) mass is 545 g/mol. The number of nitrogens with one attached hydrogen (secondary N) is 1. The minimum atomic E-state index is -4.28. The van der Waals surface area contributed by atoms with Crippen LogP contribution < -0.4 is 9.46 Å². The molecule has 3 heterocycles. The van der Waals surface area contributed by atoms with Crippen LogP contribution in [0, 0.1) is 11.6 Å². The first-order valence-corrected chi connectivity index (χ1v) is 12.9. The fourth-order valence-electron chi connectivity index (χ4n) is 3.30. The zero-order chi connectivity index (χ0) is 25.3. The zero-order valence-electron chi connectivity index (χ0n) is 18.0. The van der Waals surface area contributed by atoms with Crippen LogP contribution in [0.4, 0.5) is 13.9 Å². The summed E-state index contributed by atoms with van der Waals surface area (Å²) in [6.07, 6.45) is 5.78. The third-order valence-electron chi connectivity index (χ3n) is 4.99. The first kappa shape index (κ1) is 23.9. The van der Waals surface area contributed by atoms with E-state index in [1.54, 1.807) is 29.6 Å². The van der Waals surface area contributed by atoms with Crippen molar-refractivity contribution >= 4 is 38.1 Å². The quantitative estimate of drug-likeness (QED) is 0.237. The predicted molar refractivity (Wildman–Crippen MR) is 132 cm³/mol. The van der Waals surface area contributed by atoms with Crippen molar-refractivity contribution in [2.75, 3.05) is 4.72 Å². The van der Waals surface area contributed by atoms with E-state index in [2.05, 4.69) is 14.7 Å². The summed E-state index contributed by atoms with van der Waals surface area (Å²) >= 11 is 7.33. The van der Waals surface area contributed by atoms with E-state index in [-0.39, 0.29) is 27.5 Å².